The van der Waals surface area contributed by atoms with Crippen molar-refractivity contribution in [3.8, 4) is 0 Å². The van der Waals surface area contributed by atoms with Crippen molar-refractivity contribution >= 4 is 12.8 Å². The number of aryl methyl sites for hydroxylation is 1. The van der Waals surface area contributed by atoms with Crippen molar-refractivity contribution in [2.45, 2.75) is 26.8 Å². The lowest BCUT2D eigenvalue weighted by Crippen LogP contribution is -2.12. The van der Waals surface area contributed by atoms with Crippen molar-refractivity contribution < 1.29 is 0 Å². The Balaban J connectivity index is 2.49. The van der Waals surface area contributed by atoms with E-state index in [1.807, 2.05) is 23.5 Å². The van der Waals surface area contributed by atoms with Gasteiger partial charge in [0, 0.05) is 25.0 Å². The van der Waals surface area contributed by atoms with Crippen LogP contribution in [0.4, 0.5) is 0 Å². The highest BCUT2D eigenvalue weighted by atomic mass is 32.1. The van der Waals surface area contributed by atoms with Gasteiger partial charge in [0.15, 0.2) is 0 Å². The number of aromatic nitrogens is 1. The summed E-state index contributed by atoms with van der Waals surface area (Å²) in [6.45, 7) is 6.02. The largest absolute Gasteiger partial charge is 0.261 e. The third kappa shape index (κ3) is 3.79. The summed E-state index contributed by atoms with van der Waals surface area (Å²) in [6, 6.07) is 4.13. The molecule has 0 aliphatic carbocycles. The maximum atomic E-state index is 4.35. The van der Waals surface area contributed by atoms with Crippen LogP contribution in [0.5, 0.6) is 0 Å². The summed E-state index contributed by atoms with van der Waals surface area (Å²) in [5, 5.41) is 0. The molecule has 0 aliphatic rings. The van der Waals surface area contributed by atoms with Crippen LogP contribution in [0.1, 0.15) is 24.6 Å². The first-order valence-electron chi connectivity index (χ1n) is 4.57. The minimum Gasteiger partial charge on any atom is -0.261 e. The fraction of sp³-hybridized carbons (Fsp3) is 0.500. The Morgan fingerprint density at radius 1 is 1.46 bits per heavy atom. The Kier molecular flexibility index (Phi) is 4.25. The molecule has 2 nitrogen and oxygen atoms in total. The summed E-state index contributed by atoms with van der Waals surface area (Å²) in [5.41, 5.74) is 2.28. The molecule has 0 fully saturated rings. The molecule has 3 heteroatoms. The zero-order valence-corrected chi connectivity index (χ0v) is 9.09. The van der Waals surface area contributed by atoms with E-state index >= 15 is 0 Å². The van der Waals surface area contributed by atoms with Crippen molar-refractivity contribution in [2.75, 3.05) is 6.54 Å². The summed E-state index contributed by atoms with van der Waals surface area (Å²) in [4.78, 5) is 4.23. The molecule has 0 saturated carbocycles. The molecule has 0 amide bonds. The molecule has 1 aromatic rings. The van der Waals surface area contributed by atoms with E-state index < -0.39 is 0 Å². The number of rotatable bonds is 4. The zero-order valence-electron chi connectivity index (χ0n) is 8.20. The molecule has 1 aromatic heterocycles. The molecule has 0 N–H and O–H groups in total. The maximum absolute atomic E-state index is 4.35. The standard InChI is InChI=1S/C10H16N2S/c1-3-6-12(13)8-10-5-4-9(2)11-7-10/h4-5,7,13H,3,6,8H2,1-2H3. The highest BCUT2D eigenvalue weighted by Gasteiger charge is 1.99. The Morgan fingerprint density at radius 2 is 2.23 bits per heavy atom. The molecule has 1 rings (SSSR count). The SMILES string of the molecule is CCCN(S)Cc1ccc(C)nc1. The van der Waals surface area contributed by atoms with Gasteiger partial charge < -0.3 is 0 Å². The molecular formula is C10H16N2S. The average Bonchev–Trinajstić information content (AvgIpc) is 2.09. The molecule has 0 spiro atoms. The molecule has 0 atom stereocenters. The molecule has 0 saturated heterocycles. The molecule has 0 aromatic carbocycles. The van der Waals surface area contributed by atoms with Crippen LogP contribution in [0.2, 0.25) is 0 Å². The van der Waals surface area contributed by atoms with Gasteiger partial charge in [-0.2, -0.15) is 0 Å². The van der Waals surface area contributed by atoms with Crippen molar-refractivity contribution in [1.82, 2.24) is 9.29 Å². The minimum atomic E-state index is 0.865. The Bertz CT molecular complexity index is 246. The molecule has 13 heavy (non-hydrogen) atoms. The second-order valence-corrected chi connectivity index (χ2v) is 3.76. The van der Waals surface area contributed by atoms with Gasteiger partial charge in [-0.05, 0) is 25.0 Å². The highest BCUT2D eigenvalue weighted by molar-refractivity contribution is 7.77. The van der Waals surface area contributed by atoms with E-state index in [-0.39, 0.29) is 0 Å². The number of hydrogen-bond donors (Lipinski definition) is 1. The number of hydrogen-bond acceptors (Lipinski definition) is 3. The zero-order chi connectivity index (χ0) is 9.68. The van der Waals surface area contributed by atoms with Crippen LogP contribution in [0, 0.1) is 6.92 Å². The predicted molar refractivity (Wildman–Crippen MR) is 58.7 cm³/mol. The molecule has 0 bridgehead atoms. The van der Waals surface area contributed by atoms with Crippen molar-refractivity contribution in [3.05, 3.63) is 29.6 Å². The normalized spacial score (nSPS) is 10.8. The van der Waals surface area contributed by atoms with Gasteiger partial charge in [0.25, 0.3) is 0 Å². The average molecular weight is 196 g/mol. The van der Waals surface area contributed by atoms with Gasteiger partial charge >= 0.3 is 0 Å². The molecule has 0 radical (unpaired) electrons. The van der Waals surface area contributed by atoms with Crippen LogP contribution in [0.25, 0.3) is 0 Å². The first-order valence-corrected chi connectivity index (χ1v) is 4.97. The number of pyridine rings is 1. The van der Waals surface area contributed by atoms with Crippen LogP contribution in [0.3, 0.4) is 0 Å². The van der Waals surface area contributed by atoms with Crippen molar-refractivity contribution in [2.24, 2.45) is 0 Å². The summed E-state index contributed by atoms with van der Waals surface area (Å²) in [7, 11) is 0. The second kappa shape index (κ2) is 5.25. The van der Waals surface area contributed by atoms with Crippen molar-refractivity contribution in [1.29, 1.82) is 0 Å². The van der Waals surface area contributed by atoms with Gasteiger partial charge in [-0.25, -0.2) is 4.31 Å². The summed E-state index contributed by atoms with van der Waals surface area (Å²) in [5.74, 6) is 0. The quantitative estimate of drug-likeness (QED) is 0.745. The molecular weight excluding hydrogens is 180 g/mol. The van der Waals surface area contributed by atoms with E-state index in [1.165, 1.54) is 5.56 Å². The highest BCUT2D eigenvalue weighted by Crippen LogP contribution is 2.06. The number of nitrogens with zero attached hydrogens (tertiary/aromatic N) is 2. The van der Waals surface area contributed by atoms with Gasteiger partial charge in [-0.15, -0.1) is 0 Å². The van der Waals surface area contributed by atoms with Crippen molar-refractivity contribution in [3.63, 3.8) is 0 Å². The molecule has 0 unspecified atom stereocenters. The van der Waals surface area contributed by atoms with Gasteiger partial charge in [0.1, 0.15) is 0 Å². The van der Waals surface area contributed by atoms with E-state index in [0.29, 0.717) is 0 Å². The van der Waals surface area contributed by atoms with Crippen LogP contribution >= 0.6 is 12.8 Å². The third-order valence-electron chi connectivity index (χ3n) is 1.82. The third-order valence-corrected chi connectivity index (χ3v) is 2.16. The van der Waals surface area contributed by atoms with Gasteiger partial charge in [0.2, 0.25) is 0 Å². The molecule has 1 heterocycles. The minimum absolute atomic E-state index is 0.865. The Labute approximate surface area is 85.5 Å². The summed E-state index contributed by atoms with van der Waals surface area (Å²) < 4.78 is 2.01. The van der Waals surface area contributed by atoms with Crippen LogP contribution in [0.15, 0.2) is 18.3 Å². The summed E-state index contributed by atoms with van der Waals surface area (Å²) >= 11 is 4.35. The van der Waals surface area contributed by atoms with E-state index in [9.17, 15) is 0 Å². The fourth-order valence-corrected chi connectivity index (χ4v) is 1.50. The Hall–Kier alpha value is -0.540. The lowest BCUT2D eigenvalue weighted by atomic mass is 10.2. The smallest absolute Gasteiger partial charge is 0.0372 e. The van der Waals surface area contributed by atoms with Crippen LogP contribution < -0.4 is 0 Å². The Morgan fingerprint density at radius 3 is 2.77 bits per heavy atom. The van der Waals surface area contributed by atoms with E-state index in [4.69, 9.17) is 0 Å². The van der Waals surface area contributed by atoms with Gasteiger partial charge in [-0.3, -0.25) is 4.98 Å². The topological polar surface area (TPSA) is 16.1 Å². The van der Waals surface area contributed by atoms with E-state index in [1.54, 1.807) is 0 Å². The van der Waals surface area contributed by atoms with Gasteiger partial charge in [0.05, 0.1) is 0 Å². The van der Waals surface area contributed by atoms with E-state index in [0.717, 1.165) is 25.2 Å². The maximum Gasteiger partial charge on any atom is 0.0372 e. The van der Waals surface area contributed by atoms with E-state index in [2.05, 4.69) is 30.8 Å². The monoisotopic (exact) mass is 196 g/mol. The second-order valence-electron chi connectivity index (χ2n) is 3.20. The summed E-state index contributed by atoms with van der Waals surface area (Å²) in [6.07, 6.45) is 3.04. The molecule has 0 aliphatic heterocycles. The number of thiol groups is 1. The fourth-order valence-electron chi connectivity index (χ4n) is 1.14. The first-order chi connectivity index (χ1) is 6.22. The van der Waals surface area contributed by atoms with Crippen LogP contribution in [-0.2, 0) is 6.54 Å². The lowest BCUT2D eigenvalue weighted by Gasteiger charge is -2.13. The van der Waals surface area contributed by atoms with Gasteiger partial charge in [-0.1, -0.05) is 25.8 Å². The van der Waals surface area contributed by atoms with Crippen LogP contribution in [-0.4, -0.2) is 15.8 Å². The predicted octanol–water partition coefficient (Wildman–Crippen LogP) is 2.45. The first kappa shape index (κ1) is 10.5. The lowest BCUT2D eigenvalue weighted by molar-refractivity contribution is 0.470. The molecule has 72 valence electrons.